The van der Waals surface area contributed by atoms with Crippen LogP contribution in [-0.2, 0) is 6.54 Å². The van der Waals surface area contributed by atoms with Crippen molar-refractivity contribution >= 4 is 5.91 Å². The van der Waals surface area contributed by atoms with Crippen LogP contribution in [0.25, 0.3) is 0 Å². The fourth-order valence-electron chi connectivity index (χ4n) is 1.51. The molecule has 0 fully saturated rings. The Labute approximate surface area is 116 Å². The minimum absolute atomic E-state index is 0.233. The van der Waals surface area contributed by atoms with Gasteiger partial charge in [0.25, 0.3) is 5.91 Å². The number of rotatable bonds is 3. The average molecular weight is 267 g/mol. The SMILES string of the molecule is NCC#Cc1cccnc1C(=O)NCc1ccncn1. The van der Waals surface area contributed by atoms with Gasteiger partial charge in [-0.15, -0.1) is 0 Å². The number of hydrogen-bond acceptors (Lipinski definition) is 5. The average Bonchev–Trinajstić information content (AvgIpc) is 2.52. The standard InChI is InChI=1S/C14H13N5O/c15-6-1-3-11-4-2-7-17-13(11)14(20)18-9-12-5-8-16-10-19-12/h2,4-5,7-8,10H,6,9,15H2,(H,18,20). The molecule has 0 radical (unpaired) electrons. The number of pyridine rings is 1. The quantitative estimate of drug-likeness (QED) is 0.770. The van der Waals surface area contributed by atoms with Gasteiger partial charge in [-0.1, -0.05) is 11.8 Å². The number of aromatic nitrogens is 3. The summed E-state index contributed by atoms with van der Waals surface area (Å²) in [5, 5.41) is 2.74. The van der Waals surface area contributed by atoms with Gasteiger partial charge >= 0.3 is 0 Å². The molecule has 2 rings (SSSR count). The third kappa shape index (κ3) is 3.60. The molecule has 2 aromatic rings. The van der Waals surface area contributed by atoms with E-state index in [0.29, 0.717) is 12.1 Å². The zero-order valence-corrected chi connectivity index (χ0v) is 10.7. The van der Waals surface area contributed by atoms with Crippen molar-refractivity contribution in [3.63, 3.8) is 0 Å². The summed E-state index contributed by atoms with van der Waals surface area (Å²) in [6.45, 7) is 0.540. The number of carbonyl (C=O) groups excluding carboxylic acids is 1. The van der Waals surface area contributed by atoms with Crippen LogP contribution in [0.1, 0.15) is 21.7 Å². The summed E-state index contributed by atoms with van der Waals surface area (Å²) in [5.74, 6) is 5.24. The Kier molecular flexibility index (Phi) is 4.76. The zero-order valence-electron chi connectivity index (χ0n) is 10.7. The van der Waals surface area contributed by atoms with Crippen LogP contribution in [0.15, 0.2) is 36.9 Å². The van der Waals surface area contributed by atoms with Crippen molar-refractivity contribution in [3.05, 3.63) is 53.9 Å². The third-order valence-corrected chi connectivity index (χ3v) is 2.42. The van der Waals surface area contributed by atoms with Gasteiger partial charge in [0.15, 0.2) is 0 Å². The Hall–Kier alpha value is -2.78. The van der Waals surface area contributed by atoms with E-state index in [1.165, 1.54) is 6.33 Å². The maximum Gasteiger partial charge on any atom is 0.271 e. The van der Waals surface area contributed by atoms with Crippen molar-refractivity contribution < 1.29 is 4.79 Å². The Morgan fingerprint density at radius 2 is 2.20 bits per heavy atom. The lowest BCUT2D eigenvalue weighted by atomic mass is 10.2. The van der Waals surface area contributed by atoms with E-state index in [9.17, 15) is 4.79 Å². The molecule has 0 bridgehead atoms. The van der Waals surface area contributed by atoms with E-state index in [2.05, 4.69) is 32.1 Å². The van der Waals surface area contributed by atoms with E-state index < -0.39 is 0 Å². The number of carbonyl (C=O) groups is 1. The number of nitrogens with two attached hydrogens (primary N) is 1. The molecule has 2 aromatic heterocycles. The molecule has 0 aliphatic carbocycles. The first-order valence-corrected chi connectivity index (χ1v) is 5.98. The third-order valence-electron chi connectivity index (χ3n) is 2.42. The maximum atomic E-state index is 12.1. The van der Waals surface area contributed by atoms with Crippen molar-refractivity contribution in [2.75, 3.05) is 6.54 Å². The minimum atomic E-state index is -0.300. The predicted octanol–water partition coefficient (Wildman–Crippen LogP) is 0.112. The van der Waals surface area contributed by atoms with E-state index >= 15 is 0 Å². The molecular formula is C14H13N5O. The number of amides is 1. The Morgan fingerprint density at radius 1 is 1.30 bits per heavy atom. The number of nitrogens with one attached hydrogen (secondary N) is 1. The molecule has 0 saturated carbocycles. The molecule has 0 spiro atoms. The zero-order chi connectivity index (χ0) is 14.2. The lowest BCUT2D eigenvalue weighted by Crippen LogP contribution is -2.25. The van der Waals surface area contributed by atoms with Gasteiger partial charge in [0.2, 0.25) is 0 Å². The first-order chi connectivity index (χ1) is 9.81. The fraction of sp³-hybridized carbons (Fsp3) is 0.143. The van der Waals surface area contributed by atoms with E-state index in [-0.39, 0.29) is 18.1 Å². The summed E-state index contributed by atoms with van der Waals surface area (Å²) in [6, 6.07) is 5.19. The smallest absolute Gasteiger partial charge is 0.271 e. The van der Waals surface area contributed by atoms with E-state index in [1.54, 1.807) is 30.6 Å². The summed E-state index contributed by atoms with van der Waals surface area (Å²) in [6.07, 6.45) is 4.60. The van der Waals surface area contributed by atoms with Gasteiger partial charge in [-0.05, 0) is 18.2 Å². The van der Waals surface area contributed by atoms with Crippen molar-refractivity contribution in [2.45, 2.75) is 6.54 Å². The second kappa shape index (κ2) is 6.97. The minimum Gasteiger partial charge on any atom is -0.345 e. The van der Waals surface area contributed by atoms with Gasteiger partial charge in [-0.3, -0.25) is 4.79 Å². The maximum absolute atomic E-state index is 12.1. The van der Waals surface area contributed by atoms with Crippen LogP contribution in [-0.4, -0.2) is 27.4 Å². The lowest BCUT2D eigenvalue weighted by molar-refractivity contribution is 0.0945. The summed E-state index contributed by atoms with van der Waals surface area (Å²) >= 11 is 0. The second-order valence-corrected chi connectivity index (χ2v) is 3.79. The van der Waals surface area contributed by atoms with E-state index in [1.807, 2.05) is 0 Å². The fourth-order valence-corrected chi connectivity index (χ4v) is 1.51. The normalized spacial score (nSPS) is 9.45. The highest BCUT2D eigenvalue weighted by molar-refractivity contribution is 5.94. The Morgan fingerprint density at radius 3 is 2.95 bits per heavy atom. The molecule has 6 heteroatoms. The highest BCUT2D eigenvalue weighted by Crippen LogP contribution is 2.04. The molecule has 0 atom stereocenters. The van der Waals surface area contributed by atoms with Gasteiger partial charge in [-0.25, -0.2) is 15.0 Å². The van der Waals surface area contributed by atoms with Gasteiger partial charge in [0.1, 0.15) is 12.0 Å². The molecule has 0 aromatic carbocycles. The lowest BCUT2D eigenvalue weighted by Gasteiger charge is -2.05. The molecule has 100 valence electrons. The summed E-state index contributed by atoms with van der Waals surface area (Å²) < 4.78 is 0. The van der Waals surface area contributed by atoms with Crippen LogP contribution in [0.4, 0.5) is 0 Å². The highest BCUT2D eigenvalue weighted by Gasteiger charge is 2.11. The summed E-state index contributed by atoms with van der Waals surface area (Å²) in [5.41, 5.74) is 6.88. The molecule has 0 unspecified atom stereocenters. The molecule has 3 N–H and O–H groups in total. The second-order valence-electron chi connectivity index (χ2n) is 3.79. The van der Waals surface area contributed by atoms with Crippen LogP contribution in [0.3, 0.4) is 0 Å². The first-order valence-electron chi connectivity index (χ1n) is 5.98. The summed E-state index contributed by atoms with van der Waals surface area (Å²) in [4.78, 5) is 24.0. The van der Waals surface area contributed by atoms with Gasteiger partial charge in [0.05, 0.1) is 24.3 Å². The van der Waals surface area contributed by atoms with Crippen molar-refractivity contribution in [1.29, 1.82) is 0 Å². The number of nitrogens with zero attached hydrogens (tertiary/aromatic N) is 3. The molecular weight excluding hydrogens is 254 g/mol. The largest absolute Gasteiger partial charge is 0.345 e. The topological polar surface area (TPSA) is 93.8 Å². The predicted molar refractivity (Wildman–Crippen MR) is 73.4 cm³/mol. The molecule has 0 saturated heterocycles. The molecule has 6 nitrogen and oxygen atoms in total. The molecule has 20 heavy (non-hydrogen) atoms. The van der Waals surface area contributed by atoms with Crippen LogP contribution >= 0.6 is 0 Å². The van der Waals surface area contributed by atoms with Crippen LogP contribution in [0, 0.1) is 11.8 Å². The van der Waals surface area contributed by atoms with Gasteiger partial charge in [0, 0.05) is 12.4 Å². The van der Waals surface area contributed by atoms with Crippen molar-refractivity contribution in [2.24, 2.45) is 5.73 Å². The van der Waals surface area contributed by atoms with Gasteiger partial charge in [-0.2, -0.15) is 0 Å². The van der Waals surface area contributed by atoms with E-state index in [0.717, 1.165) is 5.69 Å². The molecule has 1 amide bonds. The van der Waals surface area contributed by atoms with Crippen LogP contribution in [0.2, 0.25) is 0 Å². The van der Waals surface area contributed by atoms with Crippen LogP contribution in [0.5, 0.6) is 0 Å². The monoisotopic (exact) mass is 267 g/mol. The van der Waals surface area contributed by atoms with Gasteiger partial charge < -0.3 is 11.1 Å². The van der Waals surface area contributed by atoms with Crippen molar-refractivity contribution in [3.8, 4) is 11.8 Å². The Balaban J connectivity index is 2.09. The number of hydrogen-bond donors (Lipinski definition) is 2. The molecule has 2 heterocycles. The molecule has 0 aliphatic rings. The highest BCUT2D eigenvalue weighted by atomic mass is 16.1. The summed E-state index contributed by atoms with van der Waals surface area (Å²) in [7, 11) is 0. The van der Waals surface area contributed by atoms with Crippen LogP contribution < -0.4 is 11.1 Å². The molecule has 0 aliphatic heterocycles. The first kappa shape index (κ1) is 13.6. The van der Waals surface area contributed by atoms with Crippen molar-refractivity contribution in [1.82, 2.24) is 20.3 Å². The van der Waals surface area contributed by atoms with E-state index in [4.69, 9.17) is 5.73 Å². The Bertz CT molecular complexity index is 645.